The maximum atomic E-state index is 5.72. The summed E-state index contributed by atoms with van der Waals surface area (Å²) in [7, 11) is 3.22. The molecule has 0 saturated heterocycles. The van der Waals surface area contributed by atoms with E-state index >= 15 is 0 Å². The van der Waals surface area contributed by atoms with E-state index in [0.717, 1.165) is 5.56 Å². The zero-order valence-electron chi connectivity index (χ0n) is 10.9. The fourth-order valence-corrected chi connectivity index (χ4v) is 1.44. The lowest BCUT2D eigenvalue weighted by Gasteiger charge is -2.16. The lowest BCUT2D eigenvalue weighted by atomic mass is 10.2. The van der Waals surface area contributed by atoms with E-state index in [4.69, 9.17) is 19.9 Å². The standard InChI is InChI=1S/C13H21NO3/c1-9(2)8-17-13-11(15-3)5-10(7-14)6-12(13)16-4/h5-6,9H,7-8,14H2,1-4H3. The fourth-order valence-electron chi connectivity index (χ4n) is 1.44. The molecule has 0 aliphatic carbocycles. The first kappa shape index (κ1) is 13.6. The molecule has 96 valence electrons. The van der Waals surface area contributed by atoms with Crippen molar-refractivity contribution in [3.8, 4) is 17.2 Å². The largest absolute Gasteiger partial charge is 0.493 e. The molecule has 0 aliphatic rings. The molecule has 0 aliphatic heterocycles. The summed E-state index contributed by atoms with van der Waals surface area (Å²) in [5.41, 5.74) is 6.57. The van der Waals surface area contributed by atoms with E-state index in [1.165, 1.54) is 0 Å². The molecule has 0 bridgehead atoms. The normalized spacial score (nSPS) is 10.5. The molecule has 0 heterocycles. The quantitative estimate of drug-likeness (QED) is 0.826. The van der Waals surface area contributed by atoms with Gasteiger partial charge in [0.25, 0.3) is 0 Å². The lowest BCUT2D eigenvalue weighted by Crippen LogP contribution is -2.07. The van der Waals surface area contributed by atoms with Gasteiger partial charge in [0, 0.05) is 6.54 Å². The van der Waals surface area contributed by atoms with Crippen LogP contribution in [0, 0.1) is 5.92 Å². The van der Waals surface area contributed by atoms with E-state index in [2.05, 4.69) is 13.8 Å². The Morgan fingerprint density at radius 3 is 2.00 bits per heavy atom. The molecule has 1 aromatic rings. The minimum absolute atomic E-state index is 0.442. The van der Waals surface area contributed by atoms with Gasteiger partial charge in [0.2, 0.25) is 5.75 Å². The van der Waals surface area contributed by atoms with Crippen LogP contribution in [0.25, 0.3) is 0 Å². The third-order valence-electron chi connectivity index (χ3n) is 2.32. The monoisotopic (exact) mass is 239 g/mol. The van der Waals surface area contributed by atoms with E-state index in [1.54, 1.807) is 14.2 Å². The van der Waals surface area contributed by atoms with E-state index in [9.17, 15) is 0 Å². The highest BCUT2D eigenvalue weighted by Crippen LogP contribution is 2.38. The van der Waals surface area contributed by atoms with E-state index in [0.29, 0.717) is 36.3 Å². The highest BCUT2D eigenvalue weighted by Gasteiger charge is 2.14. The molecular formula is C13H21NO3. The van der Waals surface area contributed by atoms with Gasteiger partial charge in [-0.25, -0.2) is 0 Å². The minimum Gasteiger partial charge on any atom is -0.493 e. The Balaban J connectivity index is 3.06. The smallest absolute Gasteiger partial charge is 0.203 e. The molecule has 0 fully saturated rings. The van der Waals surface area contributed by atoms with Gasteiger partial charge in [-0.3, -0.25) is 0 Å². The van der Waals surface area contributed by atoms with Crippen LogP contribution >= 0.6 is 0 Å². The van der Waals surface area contributed by atoms with Gasteiger partial charge < -0.3 is 19.9 Å². The van der Waals surface area contributed by atoms with E-state index < -0.39 is 0 Å². The third kappa shape index (κ3) is 3.53. The van der Waals surface area contributed by atoms with Gasteiger partial charge in [0.05, 0.1) is 20.8 Å². The van der Waals surface area contributed by atoms with Crippen molar-refractivity contribution < 1.29 is 14.2 Å². The number of benzene rings is 1. The van der Waals surface area contributed by atoms with Crippen LogP contribution < -0.4 is 19.9 Å². The Morgan fingerprint density at radius 1 is 1.12 bits per heavy atom. The van der Waals surface area contributed by atoms with Gasteiger partial charge in [-0.2, -0.15) is 0 Å². The summed E-state index contributed by atoms with van der Waals surface area (Å²) in [6.07, 6.45) is 0. The molecule has 2 N–H and O–H groups in total. The Labute approximate surface area is 103 Å². The average Bonchev–Trinajstić information content (AvgIpc) is 2.34. The predicted molar refractivity (Wildman–Crippen MR) is 67.8 cm³/mol. The van der Waals surface area contributed by atoms with Crippen LogP contribution in [0.1, 0.15) is 19.4 Å². The van der Waals surface area contributed by atoms with Gasteiger partial charge in [0.15, 0.2) is 11.5 Å². The molecule has 4 heteroatoms. The van der Waals surface area contributed by atoms with Gasteiger partial charge in [-0.1, -0.05) is 13.8 Å². The Kier molecular flexibility index (Phi) is 5.10. The number of hydrogen-bond donors (Lipinski definition) is 1. The summed E-state index contributed by atoms with van der Waals surface area (Å²) in [5, 5.41) is 0. The van der Waals surface area contributed by atoms with Crippen LogP contribution in [0.5, 0.6) is 17.2 Å². The van der Waals surface area contributed by atoms with Gasteiger partial charge in [-0.15, -0.1) is 0 Å². The highest BCUT2D eigenvalue weighted by atomic mass is 16.5. The van der Waals surface area contributed by atoms with Crippen molar-refractivity contribution in [2.45, 2.75) is 20.4 Å². The van der Waals surface area contributed by atoms with Crippen LogP contribution in [0.3, 0.4) is 0 Å². The molecule has 0 amide bonds. The highest BCUT2D eigenvalue weighted by molar-refractivity contribution is 5.53. The van der Waals surface area contributed by atoms with Crippen LogP contribution in [0.4, 0.5) is 0 Å². The Bertz CT molecular complexity index is 339. The first-order chi connectivity index (χ1) is 8.12. The molecule has 0 spiro atoms. The summed E-state index contributed by atoms with van der Waals surface area (Å²) in [6, 6.07) is 3.75. The topological polar surface area (TPSA) is 53.7 Å². The van der Waals surface area contributed by atoms with Crippen molar-refractivity contribution in [1.29, 1.82) is 0 Å². The number of rotatable bonds is 6. The maximum Gasteiger partial charge on any atom is 0.203 e. The molecule has 0 radical (unpaired) electrons. The number of methoxy groups -OCH3 is 2. The van der Waals surface area contributed by atoms with Crippen molar-refractivity contribution in [3.05, 3.63) is 17.7 Å². The Hall–Kier alpha value is -1.42. The summed E-state index contributed by atoms with van der Waals surface area (Å²) in [5.74, 6) is 2.40. The zero-order valence-corrected chi connectivity index (χ0v) is 10.9. The Morgan fingerprint density at radius 2 is 1.65 bits per heavy atom. The zero-order chi connectivity index (χ0) is 12.8. The third-order valence-corrected chi connectivity index (χ3v) is 2.32. The second-order valence-corrected chi connectivity index (χ2v) is 4.24. The second-order valence-electron chi connectivity index (χ2n) is 4.24. The van der Waals surface area contributed by atoms with Crippen molar-refractivity contribution in [2.24, 2.45) is 11.7 Å². The summed E-state index contributed by atoms with van der Waals surface area (Å²) >= 11 is 0. The first-order valence-electron chi connectivity index (χ1n) is 5.70. The van der Waals surface area contributed by atoms with Crippen molar-refractivity contribution >= 4 is 0 Å². The van der Waals surface area contributed by atoms with E-state index in [-0.39, 0.29) is 0 Å². The summed E-state index contributed by atoms with van der Waals surface area (Å²) < 4.78 is 16.3. The molecular weight excluding hydrogens is 218 g/mol. The average molecular weight is 239 g/mol. The lowest BCUT2D eigenvalue weighted by molar-refractivity contribution is 0.243. The van der Waals surface area contributed by atoms with E-state index in [1.807, 2.05) is 12.1 Å². The second kappa shape index (κ2) is 6.35. The molecule has 17 heavy (non-hydrogen) atoms. The number of ether oxygens (including phenoxy) is 3. The molecule has 1 rings (SSSR count). The fraction of sp³-hybridized carbons (Fsp3) is 0.538. The summed E-state index contributed by atoms with van der Waals surface area (Å²) in [6.45, 7) is 5.24. The molecule has 0 unspecified atom stereocenters. The number of nitrogens with two attached hydrogens (primary N) is 1. The van der Waals surface area contributed by atoms with Crippen molar-refractivity contribution in [2.75, 3.05) is 20.8 Å². The number of hydrogen-bond acceptors (Lipinski definition) is 4. The van der Waals surface area contributed by atoms with Crippen molar-refractivity contribution in [3.63, 3.8) is 0 Å². The SMILES string of the molecule is COc1cc(CN)cc(OC)c1OCC(C)C. The molecule has 4 nitrogen and oxygen atoms in total. The van der Waals surface area contributed by atoms with Crippen LogP contribution in [0.15, 0.2) is 12.1 Å². The molecule has 0 aromatic heterocycles. The van der Waals surface area contributed by atoms with Crippen molar-refractivity contribution in [1.82, 2.24) is 0 Å². The molecule has 0 saturated carbocycles. The first-order valence-corrected chi connectivity index (χ1v) is 5.70. The maximum absolute atomic E-state index is 5.72. The predicted octanol–water partition coefficient (Wildman–Crippen LogP) is 2.20. The van der Waals surface area contributed by atoms with Crippen LogP contribution in [-0.4, -0.2) is 20.8 Å². The molecule has 0 atom stereocenters. The molecule has 1 aromatic carbocycles. The van der Waals surface area contributed by atoms with Gasteiger partial charge in [-0.05, 0) is 23.6 Å². The van der Waals surface area contributed by atoms with Gasteiger partial charge in [0.1, 0.15) is 0 Å². The van der Waals surface area contributed by atoms with Gasteiger partial charge >= 0.3 is 0 Å². The summed E-state index contributed by atoms with van der Waals surface area (Å²) in [4.78, 5) is 0. The minimum atomic E-state index is 0.442. The van der Waals surface area contributed by atoms with Crippen LogP contribution in [-0.2, 0) is 6.54 Å². The van der Waals surface area contributed by atoms with Crippen LogP contribution in [0.2, 0.25) is 0 Å².